The maximum atomic E-state index is 12.5. The highest BCUT2D eigenvalue weighted by atomic mass is 127. The number of rotatable bonds is 6. The Bertz CT molecular complexity index is 1300. The zero-order valence-electron chi connectivity index (χ0n) is 20.5. The van der Waals surface area contributed by atoms with Gasteiger partial charge in [-0.1, -0.05) is 62.7 Å². The number of hydrogen-bond donors (Lipinski definition) is 0. The second kappa shape index (κ2) is 10.2. The van der Waals surface area contributed by atoms with Crippen LogP contribution in [0.4, 0.5) is 0 Å². The summed E-state index contributed by atoms with van der Waals surface area (Å²) >= 11 is 2.21. The van der Waals surface area contributed by atoms with E-state index in [9.17, 15) is 4.79 Å². The van der Waals surface area contributed by atoms with Crippen molar-refractivity contribution in [2.45, 2.75) is 39.7 Å². The highest BCUT2D eigenvalue weighted by molar-refractivity contribution is 14.1. The summed E-state index contributed by atoms with van der Waals surface area (Å²) in [6.07, 6.45) is 1.70. The smallest absolute Gasteiger partial charge is 0.363 e. The Hall–Kier alpha value is -3.13. The molecule has 3 aromatic carbocycles. The van der Waals surface area contributed by atoms with Crippen molar-refractivity contribution in [3.63, 3.8) is 0 Å². The molecular weight excluding hydrogens is 553 g/mol. The van der Waals surface area contributed by atoms with E-state index in [1.54, 1.807) is 13.2 Å². The number of nitrogens with zero attached hydrogens (tertiary/aromatic N) is 1. The van der Waals surface area contributed by atoms with Gasteiger partial charge in [0.05, 0.1) is 10.7 Å². The van der Waals surface area contributed by atoms with Gasteiger partial charge in [0, 0.05) is 5.56 Å². The van der Waals surface area contributed by atoms with Crippen LogP contribution in [-0.2, 0) is 21.6 Å². The number of halogens is 1. The molecule has 5 nitrogen and oxygen atoms in total. The van der Waals surface area contributed by atoms with Crippen LogP contribution < -0.4 is 9.47 Å². The van der Waals surface area contributed by atoms with Gasteiger partial charge in [0.1, 0.15) is 6.61 Å². The Morgan fingerprint density at radius 1 is 1.03 bits per heavy atom. The molecule has 0 atom stereocenters. The van der Waals surface area contributed by atoms with Gasteiger partial charge < -0.3 is 14.2 Å². The third kappa shape index (κ3) is 5.93. The van der Waals surface area contributed by atoms with Gasteiger partial charge in [-0.25, -0.2) is 9.79 Å². The summed E-state index contributed by atoms with van der Waals surface area (Å²) in [5.74, 6) is 1.08. The largest absolute Gasteiger partial charge is 0.493 e. The molecular formula is C29H28INO4. The molecule has 1 aliphatic rings. The molecule has 0 saturated carbocycles. The number of carbonyl (C=O) groups is 1. The normalized spacial score (nSPS) is 14.6. The standard InChI is InChI=1S/C29H28INO4/c1-18-6-8-19(9-7-18)17-34-26-23(30)14-20(16-25(26)33-5)15-24-28(32)35-27(31-24)21-10-12-22(13-11-21)29(2,3)4/h6-16H,17H2,1-5H3/b24-15+. The van der Waals surface area contributed by atoms with E-state index in [0.717, 1.165) is 20.3 Å². The maximum Gasteiger partial charge on any atom is 0.363 e. The minimum absolute atomic E-state index is 0.0456. The molecule has 1 aliphatic heterocycles. The van der Waals surface area contributed by atoms with Crippen LogP contribution in [0.2, 0.25) is 0 Å². The summed E-state index contributed by atoms with van der Waals surface area (Å²) in [5, 5.41) is 0. The summed E-state index contributed by atoms with van der Waals surface area (Å²) < 4.78 is 18.0. The minimum Gasteiger partial charge on any atom is -0.493 e. The highest BCUT2D eigenvalue weighted by Crippen LogP contribution is 2.35. The molecule has 0 spiro atoms. The molecule has 0 radical (unpaired) electrons. The Kier molecular flexibility index (Phi) is 7.31. The predicted octanol–water partition coefficient (Wildman–Crippen LogP) is 6.83. The summed E-state index contributed by atoms with van der Waals surface area (Å²) in [4.78, 5) is 17.0. The number of benzene rings is 3. The lowest BCUT2D eigenvalue weighted by atomic mass is 9.87. The van der Waals surface area contributed by atoms with Gasteiger partial charge in [-0.3, -0.25) is 0 Å². The highest BCUT2D eigenvalue weighted by Gasteiger charge is 2.25. The molecule has 0 N–H and O–H groups in total. The zero-order chi connectivity index (χ0) is 25.2. The molecule has 0 aromatic heterocycles. The van der Waals surface area contributed by atoms with Crippen LogP contribution in [0, 0.1) is 10.5 Å². The van der Waals surface area contributed by atoms with Gasteiger partial charge in [-0.15, -0.1) is 0 Å². The fraction of sp³-hybridized carbons (Fsp3) is 0.241. The Labute approximate surface area is 220 Å². The van der Waals surface area contributed by atoms with Crippen molar-refractivity contribution in [1.29, 1.82) is 0 Å². The molecule has 0 aliphatic carbocycles. The molecule has 1 heterocycles. The third-order valence-electron chi connectivity index (χ3n) is 5.68. The van der Waals surface area contributed by atoms with Crippen molar-refractivity contribution < 1.29 is 19.0 Å². The third-order valence-corrected chi connectivity index (χ3v) is 6.48. The molecule has 0 unspecified atom stereocenters. The van der Waals surface area contributed by atoms with E-state index in [1.165, 1.54) is 11.1 Å². The van der Waals surface area contributed by atoms with Crippen LogP contribution in [0.3, 0.4) is 0 Å². The molecule has 3 aromatic rings. The lowest BCUT2D eigenvalue weighted by Gasteiger charge is -2.18. The van der Waals surface area contributed by atoms with Gasteiger partial charge in [-0.05, 0) is 82.0 Å². The average molecular weight is 581 g/mol. The van der Waals surface area contributed by atoms with Gasteiger partial charge >= 0.3 is 5.97 Å². The van der Waals surface area contributed by atoms with E-state index in [-0.39, 0.29) is 11.1 Å². The monoisotopic (exact) mass is 581 g/mol. The maximum absolute atomic E-state index is 12.5. The van der Waals surface area contributed by atoms with E-state index in [4.69, 9.17) is 14.2 Å². The molecule has 0 amide bonds. The van der Waals surface area contributed by atoms with E-state index < -0.39 is 5.97 Å². The molecule has 6 heteroatoms. The van der Waals surface area contributed by atoms with Crippen molar-refractivity contribution in [1.82, 2.24) is 0 Å². The fourth-order valence-corrected chi connectivity index (χ4v) is 4.39. The van der Waals surface area contributed by atoms with Crippen molar-refractivity contribution in [3.05, 3.63) is 97.7 Å². The van der Waals surface area contributed by atoms with Crippen LogP contribution in [0.5, 0.6) is 11.5 Å². The SMILES string of the molecule is COc1cc(/C=C2/N=C(c3ccc(C(C)(C)C)cc3)OC2=O)cc(I)c1OCc1ccc(C)cc1. The lowest BCUT2D eigenvalue weighted by Crippen LogP contribution is -2.11. The van der Waals surface area contributed by atoms with E-state index >= 15 is 0 Å². The first-order valence-corrected chi connectivity index (χ1v) is 12.4. The van der Waals surface area contributed by atoms with E-state index in [2.05, 4.69) is 67.4 Å². The van der Waals surface area contributed by atoms with Crippen molar-refractivity contribution in [2.75, 3.05) is 7.11 Å². The van der Waals surface area contributed by atoms with Crippen LogP contribution >= 0.6 is 22.6 Å². The van der Waals surface area contributed by atoms with Gasteiger partial charge in [0.15, 0.2) is 17.2 Å². The molecule has 4 rings (SSSR count). The number of hydrogen-bond acceptors (Lipinski definition) is 5. The molecule has 0 fully saturated rings. The number of aryl methyl sites for hydroxylation is 1. The van der Waals surface area contributed by atoms with Crippen molar-refractivity contribution in [3.8, 4) is 11.5 Å². The fourth-order valence-electron chi connectivity index (χ4n) is 3.61. The summed E-state index contributed by atoms with van der Waals surface area (Å²) in [6, 6.07) is 19.9. The second-order valence-corrected chi connectivity index (χ2v) is 10.6. The number of carbonyl (C=O) groups excluding carboxylic acids is 1. The lowest BCUT2D eigenvalue weighted by molar-refractivity contribution is -0.129. The summed E-state index contributed by atoms with van der Waals surface area (Å²) in [5.41, 5.74) is 5.31. The number of esters is 1. The van der Waals surface area contributed by atoms with Crippen molar-refractivity contribution >= 4 is 40.5 Å². The first-order valence-electron chi connectivity index (χ1n) is 11.3. The predicted molar refractivity (Wildman–Crippen MR) is 147 cm³/mol. The Morgan fingerprint density at radius 3 is 2.34 bits per heavy atom. The van der Waals surface area contributed by atoms with E-state index in [1.807, 2.05) is 48.5 Å². The molecule has 0 saturated heterocycles. The van der Waals surface area contributed by atoms with Crippen LogP contribution in [0.1, 0.15) is 48.6 Å². The topological polar surface area (TPSA) is 57.1 Å². The number of aliphatic imine (C=N–C) groups is 1. The van der Waals surface area contributed by atoms with Crippen LogP contribution in [0.25, 0.3) is 6.08 Å². The Balaban J connectivity index is 1.56. The van der Waals surface area contributed by atoms with Crippen molar-refractivity contribution in [2.24, 2.45) is 4.99 Å². The van der Waals surface area contributed by atoms with Crippen LogP contribution in [-0.4, -0.2) is 19.0 Å². The quantitative estimate of drug-likeness (QED) is 0.182. The second-order valence-electron chi connectivity index (χ2n) is 9.47. The van der Waals surface area contributed by atoms with Crippen LogP contribution in [0.15, 0.2) is 71.4 Å². The first-order chi connectivity index (χ1) is 16.6. The molecule has 35 heavy (non-hydrogen) atoms. The summed E-state index contributed by atoms with van der Waals surface area (Å²) in [6.45, 7) is 8.96. The van der Waals surface area contributed by atoms with Gasteiger partial charge in [-0.2, -0.15) is 0 Å². The van der Waals surface area contributed by atoms with Gasteiger partial charge in [0.2, 0.25) is 5.90 Å². The van der Waals surface area contributed by atoms with Gasteiger partial charge in [0.25, 0.3) is 0 Å². The number of ether oxygens (including phenoxy) is 3. The van der Waals surface area contributed by atoms with E-state index in [0.29, 0.717) is 24.0 Å². The minimum atomic E-state index is -0.478. The average Bonchev–Trinajstić information content (AvgIpc) is 3.18. The molecule has 180 valence electrons. The number of methoxy groups -OCH3 is 1. The molecule has 0 bridgehead atoms. The first kappa shape index (κ1) is 25.0. The zero-order valence-corrected chi connectivity index (χ0v) is 22.7. The number of cyclic esters (lactones) is 1. The summed E-state index contributed by atoms with van der Waals surface area (Å²) in [7, 11) is 1.60. The Morgan fingerprint density at radius 2 is 1.71 bits per heavy atom.